The van der Waals surface area contributed by atoms with Crippen LogP contribution in [0.2, 0.25) is 0 Å². The first kappa shape index (κ1) is 26.0. The maximum atomic E-state index is 12.9. The Balaban J connectivity index is 1.53. The van der Waals surface area contributed by atoms with Crippen LogP contribution in [-0.2, 0) is 41.9 Å². The van der Waals surface area contributed by atoms with Crippen LogP contribution in [0.4, 0.5) is 0 Å². The van der Waals surface area contributed by atoms with Gasteiger partial charge in [0.25, 0.3) is 0 Å². The Morgan fingerprint density at radius 2 is 1.03 bits per heavy atom. The van der Waals surface area contributed by atoms with Gasteiger partial charge < -0.3 is 19.4 Å². The number of ether oxygens (including phenoxy) is 2. The summed E-state index contributed by atoms with van der Waals surface area (Å²) >= 11 is 0. The van der Waals surface area contributed by atoms with E-state index in [1.807, 2.05) is 74.5 Å². The molecular formula is C31H34N2O4. The van der Waals surface area contributed by atoms with Gasteiger partial charge in [0.05, 0.1) is 0 Å². The summed E-state index contributed by atoms with van der Waals surface area (Å²) in [5, 5.41) is 0. The van der Waals surface area contributed by atoms with Gasteiger partial charge in [-0.3, -0.25) is 0 Å². The van der Waals surface area contributed by atoms with Gasteiger partial charge in [-0.2, -0.15) is 0 Å². The summed E-state index contributed by atoms with van der Waals surface area (Å²) in [5.74, 6) is -0.739. The molecule has 6 nitrogen and oxygen atoms in total. The van der Waals surface area contributed by atoms with Crippen LogP contribution < -0.4 is 0 Å². The summed E-state index contributed by atoms with van der Waals surface area (Å²) in [6.45, 7) is 8.49. The number of hydrogen-bond acceptors (Lipinski definition) is 4. The lowest BCUT2D eigenvalue weighted by Crippen LogP contribution is -2.08. The highest BCUT2D eigenvalue weighted by molar-refractivity contribution is 5.90. The van der Waals surface area contributed by atoms with Crippen molar-refractivity contribution in [3.63, 3.8) is 0 Å². The van der Waals surface area contributed by atoms with Gasteiger partial charge in [-0.05, 0) is 60.1 Å². The average Bonchev–Trinajstić information content (AvgIpc) is 3.41. The van der Waals surface area contributed by atoms with Crippen molar-refractivity contribution in [1.29, 1.82) is 0 Å². The molecule has 192 valence electrons. The van der Waals surface area contributed by atoms with E-state index >= 15 is 0 Å². The number of H-pyrrole nitrogens is 2. The summed E-state index contributed by atoms with van der Waals surface area (Å²) in [6.07, 6.45) is 2.10. The Kier molecular flexibility index (Phi) is 8.29. The van der Waals surface area contributed by atoms with E-state index < -0.39 is 0 Å². The summed E-state index contributed by atoms with van der Waals surface area (Å²) in [4.78, 5) is 32.5. The predicted molar refractivity (Wildman–Crippen MR) is 144 cm³/mol. The highest BCUT2D eigenvalue weighted by Crippen LogP contribution is 2.27. The number of carbonyl (C=O) groups is 2. The Morgan fingerprint density at radius 1 is 0.649 bits per heavy atom. The molecule has 2 aromatic carbocycles. The van der Waals surface area contributed by atoms with E-state index in [1.54, 1.807) is 0 Å². The fraction of sp³-hybridized carbons (Fsp3) is 0.290. The number of hydrogen-bond donors (Lipinski definition) is 2. The van der Waals surface area contributed by atoms with Crippen molar-refractivity contribution in [3.05, 3.63) is 117 Å². The molecule has 0 aliphatic carbocycles. The smallest absolute Gasteiger partial charge is 0.355 e. The quantitative estimate of drug-likeness (QED) is 0.248. The number of aromatic amines is 2. The zero-order valence-electron chi connectivity index (χ0n) is 21.9. The third-order valence-electron chi connectivity index (χ3n) is 6.83. The van der Waals surface area contributed by atoms with Crippen LogP contribution in [0, 0.1) is 13.8 Å². The molecule has 6 heteroatoms. The molecule has 0 radical (unpaired) electrons. The van der Waals surface area contributed by atoms with E-state index in [1.165, 1.54) is 0 Å². The Hall–Kier alpha value is -4.06. The maximum absolute atomic E-state index is 12.9. The minimum atomic E-state index is -0.370. The molecule has 0 spiro atoms. The first-order chi connectivity index (χ1) is 17.9. The van der Waals surface area contributed by atoms with Gasteiger partial charge in [0, 0.05) is 17.8 Å². The third-order valence-corrected chi connectivity index (χ3v) is 6.83. The molecule has 2 heterocycles. The molecular weight excluding hydrogens is 464 g/mol. The molecule has 0 unspecified atom stereocenters. The lowest BCUT2D eigenvalue weighted by molar-refractivity contribution is 0.0457. The third kappa shape index (κ3) is 5.85. The highest BCUT2D eigenvalue weighted by Gasteiger charge is 2.24. The molecule has 0 saturated heterocycles. The number of aromatic nitrogens is 2. The summed E-state index contributed by atoms with van der Waals surface area (Å²) < 4.78 is 11.2. The molecule has 0 saturated carbocycles. The molecule has 0 aliphatic heterocycles. The monoisotopic (exact) mass is 498 g/mol. The summed E-state index contributed by atoms with van der Waals surface area (Å²) in [6, 6.07) is 19.3. The lowest BCUT2D eigenvalue weighted by atomic mass is 10.0. The van der Waals surface area contributed by atoms with Crippen molar-refractivity contribution in [2.75, 3.05) is 0 Å². The van der Waals surface area contributed by atoms with E-state index in [0.29, 0.717) is 17.8 Å². The normalized spacial score (nSPS) is 10.9. The minimum absolute atomic E-state index is 0.221. The van der Waals surface area contributed by atoms with Crippen LogP contribution in [0.5, 0.6) is 0 Å². The minimum Gasteiger partial charge on any atom is -0.456 e. The second-order valence-electron chi connectivity index (χ2n) is 9.17. The second-order valence-corrected chi connectivity index (χ2v) is 9.17. The highest BCUT2D eigenvalue weighted by atomic mass is 16.5. The van der Waals surface area contributed by atoms with Gasteiger partial charge in [0.1, 0.15) is 24.6 Å². The van der Waals surface area contributed by atoms with E-state index in [-0.39, 0.29) is 25.2 Å². The van der Waals surface area contributed by atoms with Gasteiger partial charge in [-0.15, -0.1) is 0 Å². The van der Waals surface area contributed by atoms with Gasteiger partial charge in [0.15, 0.2) is 0 Å². The second kappa shape index (κ2) is 11.8. The SMILES string of the molecule is CCc1c(Cc2[nH]c(C(=O)OCc3ccccc3)c(C)c2CC)[nH]c(C(=O)OCc2ccccc2)c1C. The molecule has 0 fully saturated rings. The standard InChI is InChI=1S/C31H34N2O4/c1-5-24-20(3)28(30(34)36-18-22-13-9-7-10-14-22)32-26(24)17-27-25(6-2)21(4)29(33-27)31(35)37-19-23-15-11-8-12-16-23/h7-16,32-33H,5-6,17-19H2,1-4H3. The molecule has 0 amide bonds. The van der Waals surface area contributed by atoms with E-state index in [4.69, 9.17) is 9.47 Å². The van der Waals surface area contributed by atoms with Crippen molar-refractivity contribution in [1.82, 2.24) is 9.97 Å². The molecule has 0 aliphatic rings. The first-order valence-electron chi connectivity index (χ1n) is 12.8. The van der Waals surface area contributed by atoms with Gasteiger partial charge in [-0.25, -0.2) is 9.59 Å². The molecule has 0 bridgehead atoms. The van der Waals surface area contributed by atoms with E-state index in [0.717, 1.165) is 57.6 Å². The van der Waals surface area contributed by atoms with Crippen molar-refractivity contribution in [2.24, 2.45) is 0 Å². The van der Waals surface area contributed by atoms with Crippen molar-refractivity contribution in [3.8, 4) is 0 Å². The van der Waals surface area contributed by atoms with Crippen LogP contribution in [0.25, 0.3) is 0 Å². The van der Waals surface area contributed by atoms with Gasteiger partial charge >= 0.3 is 11.9 Å². The molecule has 0 atom stereocenters. The van der Waals surface area contributed by atoms with E-state index in [2.05, 4.69) is 23.8 Å². The Bertz CT molecular complexity index is 1260. The van der Waals surface area contributed by atoms with E-state index in [9.17, 15) is 9.59 Å². The van der Waals surface area contributed by atoms with Crippen molar-refractivity contribution in [2.45, 2.75) is 60.2 Å². The predicted octanol–water partition coefficient (Wildman–Crippen LogP) is 6.39. The van der Waals surface area contributed by atoms with Crippen LogP contribution in [-0.4, -0.2) is 21.9 Å². The summed E-state index contributed by atoms with van der Waals surface area (Å²) in [7, 11) is 0. The number of esters is 2. The zero-order valence-corrected chi connectivity index (χ0v) is 21.9. The van der Waals surface area contributed by atoms with Crippen molar-refractivity contribution < 1.29 is 19.1 Å². The van der Waals surface area contributed by atoms with Gasteiger partial charge in [-0.1, -0.05) is 74.5 Å². The fourth-order valence-electron chi connectivity index (χ4n) is 4.83. The zero-order chi connectivity index (χ0) is 26.4. The molecule has 2 N–H and O–H groups in total. The lowest BCUT2D eigenvalue weighted by Gasteiger charge is -2.05. The average molecular weight is 499 g/mol. The number of nitrogens with one attached hydrogen (secondary N) is 2. The molecule has 37 heavy (non-hydrogen) atoms. The van der Waals surface area contributed by atoms with Crippen LogP contribution >= 0.6 is 0 Å². The van der Waals surface area contributed by atoms with Crippen molar-refractivity contribution >= 4 is 11.9 Å². The molecule has 2 aromatic heterocycles. The van der Waals surface area contributed by atoms with Crippen LogP contribution in [0.1, 0.15) is 79.6 Å². The van der Waals surface area contributed by atoms with Gasteiger partial charge in [0.2, 0.25) is 0 Å². The number of rotatable bonds is 10. The molecule has 4 rings (SSSR count). The van der Waals surface area contributed by atoms with Crippen LogP contribution in [0.15, 0.2) is 60.7 Å². The topological polar surface area (TPSA) is 84.2 Å². The maximum Gasteiger partial charge on any atom is 0.355 e. The number of carbonyl (C=O) groups excluding carboxylic acids is 2. The fourth-order valence-corrected chi connectivity index (χ4v) is 4.83. The van der Waals surface area contributed by atoms with Crippen LogP contribution in [0.3, 0.4) is 0 Å². The first-order valence-corrected chi connectivity index (χ1v) is 12.8. The Labute approximate surface area is 218 Å². The molecule has 4 aromatic rings. The Morgan fingerprint density at radius 3 is 1.38 bits per heavy atom. The summed E-state index contributed by atoms with van der Waals surface area (Å²) in [5.41, 5.74) is 8.73. The number of benzene rings is 2. The largest absolute Gasteiger partial charge is 0.456 e.